The number of rotatable bonds is 2. The van der Waals surface area contributed by atoms with E-state index in [0.717, 1.165) is 24.8 Å². The quantitative estimate of drug-likeness (QED) is 0.834. The van der Waals surface area contributed by atoms with Crippen LogP contribution in [0.15, 0.2) is 0 Å². The Kier molecular flexibility index (Phi) is 2.29. The molecule has 1 aliphatic heterocycles. The maximum atomic E-state index is 4.75. The number of hydrogen-bond acceptors (Lipinski definition) is 4. The van der Waals surface area contributed by atoms with E-state index in [4.69, 9.17) is 4.98 Å². The van der Waals surface area contributed by atoms with Crippen LogP contribution in [0, 0.1) is 0 Å². The minimum Gasteiger partial charge on any atom is -0.317 e. The zero-order valence-electron chi connectivity index (χ0n) is 9.12. The Labute approximate surface area is 94.5 Å². The lowest BCUT2D eigenvalue weighted by molar-refractivity contribution is 0.321. The summed E-state index contributed by atoms with van der Waals surface area (Å²) in [6.07, 6.45) is 5.00. The van der Waals surface area contributed by atoms with E-state index >= 15 is 0 Å². The SMILES string of the molecule is CC1(c2nsc(C3CC3)n2)CCNCC1. The molecule has 0 spiro atoms. The molecule has 15 heavy (non-hydrogen) atoms. The summed E-state index contributed by atoms with van der Waals surface area (Å²) in [6, 6.07) is 0. The van der Waals surface area contributed by atoms with Gasteiger partial charge in [-0.2, -0.15) is 4.37 Å². The van der Waals surface area contributed by atoms with Crippen molar-refractivity contribution in [2.24, 2.45) is 0 Å². The predicted octanol–water partition coefficient (Wildman–Crippen LogP) is 2.06. The Morgan fingerprint density at radius 3 is 2.73 bits per heavy atom. The number of hydrogen-bond donors (Lipinski definition) is 1. The Morgan fingerprint density at radius 1 is 1.33 bits per heavy atom. The van der Waals surface area contributed by atoms with Crippen LogP contribution < -0.4 is 5.32 Å². The van der Waals surface area contributed by atoms with Crippen LogP contribution in [0.25, 0.3) is 0 Å². The summed E-state index contributed by atoms with van der Waals surface area (Å²) in [6.45, 7) is 4.52. The molecule has 1 aromatic heterocycles. The molecule has 1 N–H and O–H groups in total. The van der Waals surface area contributed by atoms with E-state index in [-0.39, 0.29) is 5.41 Å². The first-order chi connectivity index (χ1) is 7.28. The van der Waals surface area contributed by atoms with Gasteiger partial charge in [0.1, 0.15) is 10.8 Å². The van der Waals surface area contributed by atoms with Crippen LogP contribution in [0.3, 0.4) is 0 Å². The first kappa shape index (κ1) is 9.73. The van der Waals surface area contributed by atoms with E-state index in [2.05, 4.69) is 16.6 Å². The van der Waals surface area contributed by atoms with Crippen molar-refractivity contribution in [3.63, 3.8) is 0 Å². The fourth-order valence-electron chi connectivity index (χ4n) is 2.18. The summed E-state index contributed by atoms with van der Waals surface area (Å²) in [5.74, 6) is 1.86. The van der Waals surface area contributed by atoms with Crippen molar-refractivity contribution in [1.29, 1.82) is 0 Å². The summed E-state index contributed by atoms with van der Waals surface area (Å²) in [7, 11) is 0. The van der Waals surface area contributed by atoms with Crippen molar-refractivity contribution in [2.75, 3.05) is 13.1 Å². The standard InChI is InChI=1S/C11H17N3S/c1-11(4-6-12-7-5-11)10-13-9(15-14-10)8-2-3-8/h8,12H,2-7H2,1H3. The van der Waals surface area contributed by atoms with Crippen molar-refractivity contribution < 1.29 is 0 Å². The largest absolute Gasteiger partial charge is 0.317 e. The topological polar surface area (TPSA) is 37.8 Å². The highest BCUT2D eigenvalue weighted by Gasteiger charge is 2.35. The van der Waals surface area contributed by atoms with Gasteiger partial charge in [0.2, 0.25) is 0 Å². The maximum absolute atomic E-state index is 4.75. The maximum Gasteiger partial charge on any atom is 0.148 e. The fraction of sp³-hybridized carbons (Fsp3) is 0.818. The van der Waals surface area contributed by atoms with Gasteiger partial charge in [0.25, 0.3) is 0 Å². The molecule has 0 unspecified atom stereocenters. The number of nitrogens with one attached hydrogen (secondary N) is 1. The molecular formula is C11H17N3S. The van der Waals surface area contributed by atoms with Crippen LogP contribution in [0.1, 0.15) is 49.4 Å². The van der Waals surface area contributed by atoms with Crippen LogP contribution >= 0.6 is 11.5 Å². The van der Waals surface area contributed by atoms with Gasteiger partial charge in [-0.15, -0.1) is 0 Å². The van der Waals surface area contributed by atoms with E-state index < -0.39 is 0 Å². The van der Waals surface area contributed by atoms with Gasteiger partial charge >= 0.3 is 0 Å². The molecule has 3 nitrogen and oxygen atoms in total. The van der Waals surface area contributed by atoms with E-state index in [1.54, 1.807) is 11.5 Å². The van der Waals surface area contributed by atoms with Gasteiger partial charge < -0.3 is 5.32 Å². The number of piperidine rings is 1. The third-order valence-corrected chi connectivity index (χ3v) is 4.49. The smallest absolute Gasteiger partial charge is 0.148 e. The molecule has 0 bridgehead atoms. The Morgan fingerprint density at radius 2 is 2.07 bits per heavy atom. The monoisotopic (exact) mass is 223 g/mol. The van der Waals surface area contributed by atoms with Gasteiger partial charge in [-0.05, 0) is 50.3 Å². The third-order valence-electron chi connectivity index (χ3n) is 3.62. The highest BCUT2D eigenvalue weighted by atomic mass is 32.1. The van der Waals surface area contributed by atoms with E-state index in [1.165, 1.54) is 30.7 Å². The van der Waals surface area contributed by atoms with Gasteiger partial charge in [0.15, 0.2) is 0 Å². The van der Waals surface area contributed by atoms with E-state index in [0.29, 0.717) is 0 Å². The van der Waals surface area contributed by atoms with Crippen molar-refractivity contribution >= 4 is 11.5 Å². The molecule has 2 aliphatic rings. The fourth-order valence-corrected chi connectivity index (χ4v) is 3.13. The van der Waals surface area contributed by atoms with E-state index in [1.807, 2.05) is 0 Å². The van der Waals surface area contributed by atoms with Crippen molar-refractivity contribution in [3.8, 4) is 0 Å². The van der Waals surface area contributed by atoms with Crippen LogP contribution in [-0.2, 0) is 5.41 Å². The second-order valence-electron chi connectivity index (χ2n) is 5.04. The van der Waals surface area contributed by atoms with Crippen molar-refractivity contribution in [1.82, 2.24) is 14.7 Å². The highest BCUT2D eigenvalue weighted by Crippen LogP contribution is 2.42. The average molecular weight is 223 g/mol. The molecule has 2 fully saturated rings. The molecule has 4 heteroatoms. The van der Waals surface area contributed by atoms with Crippen LogP contribution in [-0.4, -0.2) is 22.4 Å². The number of nitrogens with zero attached hydrogens (tertiary/aromatic N) is 2. The molecular weight excluding hydrogens is 206 g/mol. The Balaban J connectivity index is 1.83. The molecule has 2 heterocycles. The second-order valence-corrected chi connectivity index (χ2v) is 5.82. The predicted molar refractivity (Wildman–Crippen MR) is 61.3 cm³/mol. The number of aromatic nitrogens is 2. The highest BCUT2D eigenvalue weighted by molar-refractivity contribution is 7.05. The molecule has 0 atom stereocenters. The van der Waals surface area contributed by atoms with Crippen molar-refractivity contribution in [2.45, 2.75) is 43.9 Å². The van der Waals surface area contributed by atoms with Gasteiger partial charge in [-0.1, -0.05) is 6.92 Å². The van der Waals surface area contributed by atoms with Crippen LogP contribution in [0.2, 0.25) is 0 Å². The van der Waals surface area contributed by atoms with E-state index in [9.17, 15) is 0 Å². The van der Waals surface area contributed by atoms with Gasteiger partial charge in [0.05, 0.1) is 0 Å². The lowest BCUT2D eigenvalue weighted by Gasteiger charge is -2.31. The summed E-state index contributed by atoms with van der Waals surface area (Å²) in [5, 5.41) is 4.68. The normalized spacial score (nSPS) is 25.4. The Hall–Kier alpha value is -0.480. The van der Waals surface area contributed by atoms with Crippen LogP contribution in [0.5, 0.6) is 0 Å². The van der Waals surface area contributed by atoms with Gasteiger partial charge in [0, 0.05) is 11.3 Å². The lowest BCUT2D eigenvalue weighted by atomic mass is 9.80. The first-order valence-corrected chi connectivity index (χ1v) is 6.60. The second kappa shape index (κ2) is 3.52. The molecule has 82 valence electrons. The molecule has 1 saturated carbocycles. The molecule has 0 amide bonds. The molecule has 1 aromatic rings. The van der Waals surface area contributed by atoms with Crippen molar-refractivity contribution in [3.05, 3.63) is 10.8 Å². The molecule has 0 radical (unpaired) electrons. The molecule has 3 rings (SSSR count). The average Bonchev–Trinajstić information content (AvgIpc) is 2.97. The summed E-state index contributed by atoms with van der Waals surface area (Å²) >= 11 is 1.63. The van der Waals surface area contributed by atoms with Gasteiger partial charge in [-0.25, -0.2) is 4.98 Å². The molecule has 1 aliphatic carbocycles. The zero-order chi connectivity index (χ0) is 10.3. The Bertz CT molecular complexity index is 350. The summed E-state index contributed by atoms with van der Waals surface area (Å²) in [4.78, 5) is 4.75. The minimum absolute atomic E-state index is 0.231. The van der Waals surface area contributed by atoms with Crippen LogP contribution in [0.4, 0.5) is 0 Å². The summed E-state index contributed by atoms with van der Waals surface area (Å²) < 4.78 is 4.58. The zero-order valence-corrected chi connectivity index (χ0v) is 9.94. The molecule has 0 aromatic carbocycles. The lowest BCUT2D eigenvalue weighted by Crippen LogP contribution is -2.38. The minimum atomic E-state index is 0.231. The van der Waals surface area contributed by atoms with Gasteiger partial charge in [-0.3, -0.25) is 0 Å². The third kappa shape index (κ3) is 1.81. The summed E-state index contributed by atoms with van der Waals surface area (Å²) in [5.41, 5.74) is 0.231. The first-order valence-electron chi connectivity index (χ1n) is 5.83. The molecule has 1 saturated heterocycles.